The van der Waals surface area contributed by atoms with Crippen LogP contribution in [0.3, 0.4) is 0 Å². The Morgan fingerprint density at radius 3 is 1.86 bits per heavy atom. The van der Waals surface area contributed by atoms with Gasteiger partial charge in [0.25, 0.3) is 0 Å². The average molecular weight is 201 g/mol. The van der Waals surface area contributed by atoms with Gasteiger partial charge in [-0.05, 0) is 6.92 Å². The minimum atomic E-state index is -0.230. The first-order chi connectivity index (χ1) is 6.52. The maximum Gasteiger partial charge on any atom is 0.217 e. The van der Waals surface area contributed by atoms with Gasteiger partial charge in [0, 0.05) is 19.8 Å². The molecule has 1 amide bonds. The van der Waals surface area contributed by atoms with Gasteiger partial charge in [0.2, 0.25) is 5.91 Å². The van der Waals surface area contributed by atoms with Crippen LogP contribution in [0.25, 0.3) is 0 Å². The smallest absolute Gasteiger partial charge is 0.217 e. The summed E-state index contributed by atoms with van der Waals surface area (Å²) < 4.78 is 0. The van der Waals surface area contributed by atoms with Gasteiger partial charge in [0.15, 0.2) is 5.78 Å². The van der Waals surface area contributed by atoms with Gasteiger partial charge in [-0.2, -0.15) is 0 Å². The van der Waals surface area contributed by atoms with E-state index in [0.717, 1.165) is 0 Å². The highest BCUT2D eigenvalue weighted by Crippen LogP contribution is 1.90. The predicted molar refractivity (Wildman–Crippen MR) is 55.0 cm³/mol. The third kappa shape index (κ3) is 13.4. The molecule has 0 spiro atoms. The van der Waals surface area contributed by atoms with E-state index in [9.17, 15) is 14.4 Å². The Labute approximate surface area is 85.1 Å². The standard InChI is InChI=1S/C8H13NO3.C2H6/c1-6(10)3-4-8(12)5-9-7(2)11;1-2/h3-5H2,1-2H3,(H,9,11);1-2H3. The topological polar surface area (TPSA) is 63.2 Å². The number of hydrogen-bond donors (Lipinski definition) is 1. The Morgan fingerprint density at radius 1 is 1.00 bits per heavy atom. The summed E-state index contributed by atoms with van der Waals surface area (Å²) in [7, 11) is 0. The van der Waals surface area contributed by atoms with Crippen molar-refractivity contribution in [3.05, 3.63) is 0 Å². The lowest BCUT2D eigenvalue weighted by Crippen LogP contribution is -2.27. The van der Waals surface area contributed by atoms with Crippen LogP contribution >= 0.6 is 0 Å². The minimum Gasteiger partial charge on any atom is -0.349 e. The zero-order valence-corrected chi connectivity index (χ0v) is 9.35. The lowest BCUT2D eigenvalue weighted by atomic mass is 10.2. The highest BCUT2D eigenvalue weighted by atomic mass is 16.2. The summed E-state index contributed by atoms with van der Waals surface area (Å²) in [4.78, 5) is 31.7. The molecule has 0 fully saturated rings. The van der Waals surface area contributed by atoms with E-state index in [4.69, 9.17) is 0 Å². The zero-order chi connectivity index (χ0) is 11.6. The number of carbonyl (C=O) groups is 3. The SMILES string of the molecule is CC.CC(=O)CCC(=O)CNC(C)=O. The summed E-state index contributed by atoms with van der Waals surface area (Å²) in [5, 5.41) is 2.37. The Kier molecular flexibility index (Phi) is 10.8. The van der Waals surface area contributed by atoms with Crippen LogP contribution in [-0.4, -0.2) is 24.0 Å². The number of Topliss-reactive ketones (excluding diaryl/α,β-unsaturated/α-hetero) is 2. The van der Waals surface area contributed by atoms with Crippen molar-refractivity contribution in [2.75, 3.05) is 6.54 Å². The van der Waals surface area contributed by atoms with Crippen LogP contribution < -0.4 is 5.32 Å². The molecule has 0 aliphatic heterocycles. The van der Waals surface area contributed by atoms with Crippen LogP contribution in [-0.2, 0) is 14.4 Å². The fourth-order valence-electron chi connectivity index (χ4n) is 0.627. The second kappa shape index (κ2) is 9.89. The molecule has 1 N–H and O–H groups in total. The third-order valence-corrected chi connectivity index (χ3v) is 1.29. The molecule has 0 rings (SSSR count). The second-order valence-corrected chi connectivity index (χ2v) is 2.65. The van der Waals surface area contributed by atoms with Gasteiger partial charge in [-0.25, -0.2) is 0 Å². The lowest BCUT2D eigenvalue weighted by Gasteiger charge is -1.99. The van der Waals surface area contributed by atoms with E-state index in [1.165, 1.54) is 13.8 Å². The summed E-state index contributed by atoms with van der Waals surface area (Å²) in [5.74, 6) is -0.349. The van der Waals surface area contributed by atoms with Crippen molar-refractivity contribution in [3.8, 4) is 0 Å². The molecule has 0 aliphatic rings. The van der Waals surface area contributed by atoms with E-state index in [2.05, 4.69) is 5.32 Å². The van der Waals surface area contributed by atoms with Crippen LogP contribution in [0, 0.1) is 0 Å². The Hall–Kier alpha value is -1.19. The molecule has 4 nitrogen and oxygen atoms in total. The van der Waals surface area contributed by atoms with Gasteiger partial charge in [0.05, 0.1) is 6.54 Å². The maximum atomic E-state index is 10.9. The largest absolute Gasteiger partial charge is 0.349 e. The summed E-state index contributed by atoms with van der Waals surface area (Å²) in [5.41, 5.74) is 0. The second-order valence-electron chi connectivity index (χ2n) is 2.65. The lowest BCUT2D eigenvalue weighted by molar-refractivity contribution is -0.125. The minimum absolute atomic E-state index is 0.00817. The van der Waals surface area contributed by atoms with Crippen molar-refractivity contribution in [1.29, 1.82) is 0 Å². The molecule has 0 bridgehead atoms. The Balaban J connectivity index is 0. The van der Waals surface area contributed by atoms with Crippen LogP contribution in [0.4, 0.5) is 0 Å². The Bertz CT molecular complexity index is 180. The van der Waals surface area contributed by atoms with Crippen molar-refractivity contribution >= 4 is 17.5 Å². The molecule has 4 heteroatoms. The predicted octanol–water partition coefficient (Wildman–Crippen LogP) is 1.09. The van der Waals surface area contributed by atoms with Crippen molar-refractivity contribution in [1.82, 2.24) is 5.32 Å². The van der Waals surface area contributed by atoms with Crippen molar-refractivity contribution in [2.24, 2.45) is 0 Å². The van der Waals surface area contributed by atoms with E-state index in [0.29, 0.717) is 0 Å². The molecule has 0 aliphatic carbocycles. The normalized spacial score (nSPS) is 8.29. The van der Waals surface area contributed by atoms with Crippen LogP contribution in [0.1, 0.15) is 40.5 Å². The van der Waals surface area contributed by atoms with Gasteiger partial charge >= 0.3 is 0 Å². The first-order valence-electron chi connectivity index (χ1n) is 4.78. The van der Waals surface area contributed by atoms with E-state index < -0.39 is 0 Å². The molecule has 0 aromatic carbocycles. The molecular weight excluding hydrogens is 182 g/mol. The van der Waals surface area contributed by atoms with Gasteiger partial charge in [-0.3, -0.25) is 9.59 Å². The summed E-state index contributed by atoms with van der Waals surface area (Å²) >= 11 is 0. The first kappa shape index (κ1) is 15.3. The van der Waals surface area contributed by atoms with Crippen molar-refractivity contribution in [3.63, 3.8) is 0 Å². The molecular formula is C10H19NO3. The monoisotopic (exact) mass is 201 g/mol. The number of hydrogen-bond acceptors (Lipinski definition) is 3. The fraction of sp³-hybridized carbons (Fsp3) is 0.700. The van der Waals surface area contributed by atoms with E-state index in [1.54, 1.807) is 0 Å². The quantitative estimate of drug-likeness (QED) is 0.724. The third-order valence-electron chi connectivity index (χ3n) is 1.29. The number of ketones is 2. The summed E-state index contributed by atoms with van der Waals surface area (Å²) in [6.45, 7) is 6.81. The molecule has 0 heterocycles. The first-order valence-corrected chi connectivity index (χ1v) is 4.78. The molecule has 0 radical (unpaired) electrons. The number of amides is 1. The molecule has 0 atom stereocenters. The van der Waals surface area contributed by atoms with Crippen LogP contribution in [0.15, 0.2) is 0 Å². The molecule has 0 unspecified atom stereocenters. The zero-order valence-electron chi connectivity index (χ0n) is 9.35. The van der Waals surface area contributed by atoms with E-state index in [-0.39, 0.29) is 36.9 Å². The molecule has 0 aromatic heterocycles. The van der Waals surface area contributed by atoms with Crippen molar-refractivity contribution < 1.29 is 14.4 Å². The summed E-state index contributed by atoms with van der Waals surface area (Å²) in [6, 6.07) is 0. The van der Waals surface area contributed by atoms with Crippen LogP contribution in [0.5, 0.6) is 0 Å². The van der Waals surface area contributed by atoms with E-state index in [1.807, 2.05) is 13.8 Å². The van der Waals surface area contributed by atoms with E-state index >= 15 is 0 Å². The van der Waals surface area contributed by atoms with Crippen LogP contribution in [0.2, 0.25) is 0 Å². The van der Waals surface area contributed by atoms with Gasteiger partial charge in [0.1, 0.15) is 5.78 Å². The average Bonchev–Trinajstić information content (AvgIpc) is 2.14. The molecule has 82 valence electrons. The maximum absolute atomic E-state index is 10.9. The van der Waals surface area contributed by atoms with Gasteiger partial charge in [-0.15, -0.1) is 0 Å². The molecule has 0 aromatic rings. The molecule has 0 saturated heterocycles. The number of rotatable bonds is 5. The molecule has 14 heavy (non-hydrogen) atoms. The Morgan fingerprint density at radius 2 is 1.50 bits per heavy atom. The number of carbonyl (C=O) groups excluding carboxylic acids is 3. The number of nitrogens with one attached hydrogen (secondary N) is 1. The van der Waals surface area contributed by atoms with Crippen molar-refractivity contribution in [2.45, 2.75) is 40.5 Å². The van der Waals surface area contributed by atoms with Gasteiger partial charge < -0.3 is 10.1 Å². The highest BCUT2D eigenvalue weighted by molar-refractivity contribution is 5.88. The summed E-state index contributed by atoms with van der Waals surface area (Å²) in [6.07, 6.45) is 0.480. The fourth-order valence-corrected chi connectivity index (χ4v) is 0.627. The highest BCUT2D eigenvalue weighted by Gasteiger charge is 2.03. The molecule has 0 saturated carbocycles. The van der Waals surface area contributed by atoms with Gasteiger partial charge in [-0.1, -0.05) is 13.8 Å².